The van der Waals surface area contributed by atoms with Crippen molar-refractivity contribution in [3.8, 4) is 22.9 Å². The van der Waals surface area contributed by atoms with Crippen molar-refractivity contribution in [2.45, 2.75) is 73.0 Å². The van der Waals surface area contributed by atoms with Gasteiger partial charge < -0.3 is 14.2 Å². The van der Waals surface area contributed by atoms with Crippen molar-refractivity contribution in [3.05, 3.63) is 50.4 Å². The predicted octanol–water partition coefficient (Wildman–Crippen LogP) is 3.54. The fraction of sp³-hybridized carbons (Fsp3) is 0.519. The largest absolute Gasteiger partial charge is 0.476 e. The molecule has 0 unspecified atom stereocenters. The molecule has 0 saturated heterocycles. The van der Waals surface area contributed by atoms with Crippen molar-refractivity contribution < 1.29 is 19.0 Å². The molecule has 5 rings (SSSR count). The van der Waals surface area contributed by atoms with Gasteiger partial charge in [0.1, 0.15) is 11.1 Å². The molecule has 4 heterocycles. The third-order valence-electron chi connectivity index (χ3n) is 7.02. The minimum Gasteiger partial charge on any atom is -0.476 e. The number of rotatable bonds is 7. The summed E-state index contributed by atoms with van der Waals surface area (Å²) < 4.78 is 22.8. The van der Waals surface area contributed by atoms with Gasteiger partial charge in [0.2, 0.25) is 11.8 Å². The molecule has 2 aliphatic rings. The Morgan fingerprint density at radius 3 is 2.39 bits per heavy atom. The van der Waals surface area contributed by atoms with Crippen LogP contribution in [0.3, 0.4) is 0 Å². The van der Waals surface area contributed by atoms with E-state index in [0.29, 0.717) is 49.9 Å². The first-order chi connectivity index (χ1) is 17.5. The van der Waals surface area contributed by atoms with Gasteiger partial charge in [-0.1, -0.05) is 31.5 Å². The summed E-state index contributed by atoms with van der Waals surface area (Å²) >= 11 is 0. The molecule has 9 heteroatoms. The van der Waals surface area contributed by atoms with E-state index < -0.39 is 5.97 Å². The van der Waals surface area contributed by atoms with Crippen LogP contribution in [0.15, 0.2) is 16.9 Å². The van der Waals surface area contributed by atoms with Gasteiger partial charge in [-0.05, 0) is 56.2 Å². The Labute approximate surface area is 210 Å². The maximum absolute atomic E-state index is 13.9. The number of aryl methyl sites for hydroxylation is 4. The molecule has 2 aromatic heterocycles. The molecule has 0 bridgehead atoms. The SMILES string of the molecule is CCOc1nn2c(c1C(=O)Oc1c(-c3c(CC)cc(C)cc3CC)c(=O)n3n1CCOCC3)CCC2. The summed E-state index contributed by atoms with van der Waals surface area (Å²) in [4.78, 5) is 27.6. The molecule has 1 aromatic carbocycles. The summed E-state index contributed by atoms with van der Waals surface area (Å²) in [5, 5.41) is 4.50. The van der Waals surface area contributed by atoms with Crippen molar-refractivity contribution in [2.75, 3.05) is 19.8 Å². The number of carbonyl (C=O) groups is 1. The zero-order chi connectivity index (χ0) is 25.4. The van der Waals surface area contributed by atoms with E-state index in [4.69, 9.17) is 14.2 Å². The molecule has 0 spiro atoms. The average molecular weight is 495 g/mol. The van der Waals surface area contributed by atoms with E-state index in [1.165, 1.54) is 0 Å². The zero-order valence-electron chi connectivity index (χ0n) is 21.6. The van der Waals surface area contributed by atoms with Gasteiger partial charge >= 0.3 is 5.97 Å². The Balaban J connectivity index is 1.70. The minimum atomic E-state index is -0.544. The van der Waals surface area contributed by atoms with Gasteiger partial charge in [0.25, 0.3) is 5.56 Å². The first-order valence-electron chi connectivity index (χ1n) is 13.0. The van der Waals surface area contributed by atoms with Crippen molar-refractivity contribution in [1.29, 1.82) is 0 Å². The summed E-state index contributed by atoms with van der Waals surface area (Å²) in [6.07, 6.45) is 3.17. The Morgan fingerprint density at radius 2 is 1.72 bits per heavy atom. The fourth-order valence-corrected chi connectivity index (χ4v) is 5.45. The number of fused-ring (bicyclic) bond motifs is 2. The number of hydrogen-bond donors (Lipinski definition) is 0. The summed E-state index contributed by atoms with van der Waals surface area (Å²) in [5.41, 5.74) is 5.62. The minimum absolute atomic E-state index is 0.165. The molecule has 0 fully saturated rings. The third-order valence-corrected chi connectivity index (χ3v) is 7.02. The number of carbonyl (C=O) groups excluding carboxylic acids is 1. The van der Waals surface area contributed by atoms with Gasteiger partial charge in [0.15, 0.2) is 0 Å². The maximum atomic E-state index is 13.9. The lowest BCUT2D eigenvalue weighted by Gasteiger charge is -2.16. The Kier molecular flexibility index (Phi) is 6.75. The number of aromatic nitrogens is 4. The van der Waals surface area contributed by atoms with Crippen LogP contribution in [0.2, 0.25) is 0 Å². The van der Waals surface area contributed by atoms with E-state index in [1.54, 1.807) is 9.36 Å². The molecule has 2 aliphatic heterocycles. The highest BCUT2D eigenvalue weighted by Crippen LogP contribution is 2.37. The normalized spacial score (nSPS) is 14.9. The van der Waals surface area contributed by atoms with E-state index in [-0.39, 0.29) is 11.4 Å². The van der Waals surface area contributed by atoms with E-state index in [1.807, 2.05) is 11.6 Å². The summed E-state index contributed by atoms with van der Waals surface area (Å²) in [6.45, 7) is 10.9. The summed E-state index contributed by atoms with van der Waals surface area (Å²) in [6, 6.07) is 4.24. The van der Waals surface area contributed by atoms with Crippen LogP contribution >= 0.6 is 0 Å². The Hall–Kier alpha value is -3.33. The standard InChI is InChI=1S/C27H34N4O5/c1-5-18-15-17(4)16-19(6-2)21(18)23-25(32)30-11-13-34-14-12-31(30)26(23)36-27(33)22-20-9-8-10-29(20)28-24(22)35-7-3/h15-16H,5-14H2,1-4H3. The van der Waals surface area contributed by atoms with Crippen LogP contribution in [0.25, 0.3) is 11.1 Å². The quantitative estimate of drug-likeness (QED) is 0.467. The van der Waals surface area contributed by atoms with E-state index in [0.717, 1.165) is 60.2 Å². The van der Waals surface area contributed by atoms with Crippen LogP contribution in [0, 0.1) is 6.92 Å². The van der Waals surface area contributed by atoms with E-state index in [9.17, 15) is 9.59 Å². The average Bonchev–Trinajstić information content (AvgIpc) is 3.44. The van der Waals surface area contributed by atoms with Crippen LogP contribution in [0.4, 0.5) is 0 Å². The molecular weight excluding hydrogens is 460 g/mol. The van der Waals surface area contributed by atoms with Gasteiger partial charge in [0.05, 0.1) is 38.6 Å². The van der Waals surface area contributed by atoms with Gasteiger partial charge in [-0.3, -0.25) is 9.48 Å². The molecule has 9 nitrogen and oxygen atoms in total. The molecule has 36 heavy (non-hydrogen) atoms. The topological polar surface area (TPSA) is 89.5 Å². The molecule has 0 atom stereocenters. The third kappa shape index (κ3) is 4.05. The number of nitrogens with zero attached hydrogens (tertiary/aromatic N) is 4. The van der Waals surface area contributed by atoms with E-state index >= 15 is 0 Å². The molecule has 3 aromatic rings. The molecule has 0 saturated carbocycles. The maximum Gasteiger partial charge on any atom is 0.352 e. The molecule has 0 N–H and O–H groups in total. The van der Waals surface area contributed by atoms with Crippen molar-refractivity contribution in [3.63, 3.8) is 0 Å². The monoisotopic (exact) mass is 494 g/mol. The summed E-state index contributed by atoms with van der Waals surface area (Å²) in [5.74, 6) is 0.0137. The summed E-state index contributed by atoms with van der Waals surface area (Å²) in [7, 11) is 0. The van der Waals surface area contributed by atoms with Crippen molar-refractivity contribution in [2.24, 2.45) is 0 Å². The van der Waals surface area contributed by atoms with Crippen LogP contribution in [-0.2, 0) is 43.6 Å². The van der Waals surface area contributed by atoms with Gasteiger partial charge in [0, 0.05) is 6.54 Å². The van der Waals surface area contributed by atoms with Crippen molar-refractivity contribution in [1.82, 2.24) is 19.1 Å². The van der Waals surface area contributed by atoms with Crippen LogP contribution in [0.1, 0.15) is 59.9 Å². The first-order valence-corrected chi connectivity index (χ1v) is 13.0. The van der Waals surface area contributed by atoms with Crippen molar-refractivity contribution >= 4 is 5.97 Å². The number of esters is 1. The van der Waals surface area contributed by atoms with E-state index in [2.05, 4.69) is 38.0 Å². The molecular formula is C27H34N4O5. The zero-order valence-corrected chi connectivity index (χ0v) is 21.6. The van der Waals surface area contributed by atoms with Gasteiger partial charge in [-0.2, -0.15) is 0 Å². The second-order valence-electron chi connectivity index (χ2n) is 9.29. The van der Waals surface area contributed by atoms with Crippen LogP contribution in [0.5, 0.6) is 11.8 Å². The number of benzene rings is 1. The highest BCUT2D eigenvalue weighted by atomic mass is 16.6. The second-order valence-corrected chi connectivity index (χ2v) is 9.29. The fourth-order valence-electron chi connectivity index (χ4n) is 5.45. The molecule has 0 amide bonds. The number of hydrogen-bond acceptors (Lipinski definition) is 6. The van der Waals surface area contributed by atoms with Crippen LogP contribution in [-0.4, -0.2) is 44.9 Å². The smallest absolute Gasteiger partial charge is 0.352 e. The number of ether oxygens (including phenoxy) is 3. The Morgan fingerprint density at radius 1 is 1.03 bits per heavy atom. The predicted molar refractivity (Wildman–Crippen MR) is 135 cm³/mol. The van der Waals surface area contributed by atoms with Crippen LogP contribution < -0.4 is 15.0 Å². The molecule has 0 aliphatic carbocycles. The lowest BCUT2D eigenvalue weighted by molar-refractivity contribution is 0.0709. The Bertz CT molecular complexity index is 1340. The second kappa shape index (κ2) is 9.97. The highest BCUT2D eigenvalue weighted by molar-refractivity contribution is 5.95. The molecule has 192 valence electrons. The van der Waals surface area contributed by atoms with Gasteiger partial charge in [-0.25, -0.2) is 14.2 Å². The molecule has 0 radical (unpaired) electrons. The van der Waals surface area contributed by atoms with Gasteiger partial charge in [-0.15, -0.1) is 5.10 Å². The lowest BCUT2D eigenvalue weighted by atomic mass is 9.91. The first kappa shape index (κ1) is 24.4. The highest BCUT2D eigenvalue weighted by Gasteiger charge is 2.33. The lowest BCUT2D eigenvalue weighted by Crippen LogP contribution is -2.24.